The highest BCUT2D eigenvalue weighted by molar-refractivity contribution is 7.19. The number of anilines is 2. The molecular weight excluding hydrogens is 390 g/mol. The van der Waals surface area contributed by atoms with Crippen LogP contribution >= 0.6 is 11.3 Å². The van der Waals surface area contributed by atoms with Crippen LogP contribution in [0, 0.1) is 11.5 Å². The molecule has 1 atom stereocenters. The van der Waals surface area contributed by atoms with Crippen molar-refractivity contribution in [3.63, 3.8) is 0 Å². The smallest absolute Gasteiger partial charge is 0.336 e. The summed E-state index contributed by atoms with van der Waals surface area (Å²) >= 11 is 1.29. The molecule has 29 heavy (non-hydrogen) atoms. The lowest BCUT2D eigenvalue weighted by Gasteiger charge is -2.28. The molecule has 2 aromatic rings. The maximum atomic E-state index is 12.8. The minimum atomic E-state index is -0.462. The summed E-state index contributed by atoms with van der Waals surface area (Å²) in [5.41, 5.74) is 15.4. The normalized spacial score (nSPS) is 15.9. The fraction of sp³-hybridized carbons (Fsp3) is 0.250. The molecule has 1 aliphatic heterocycles. The molecule has 8 nitrogen and oxygen atoms in total. The first kappa shape index (κ1) is 20.2. The number of carbonyl (C=O) groups is 1. The van der Waals surface area contributed by atoms with Gasteiger partial charge in [0.1, 0.15) is 5.75 Å². The summed E-state index contributed by atoms with van der Waals surface area (Å²) in [6.07, 6.45) is 1.68. The molecule has 150 valence electrons. The Morgan fingerprint density at radius 3 is 2.66 bits per heavy atom. The van der Waals surface area contributed by atoms with E-state index < -0.39 is 11.9 Å². The number of nitrogens with one attached hydrogen (secondary N) is 1. The number of rotatable bonds is 5. The first-order valence-corrected chi connectivity index (χ1v) is 9.68. The average Bonchev–Trinajstić information content (AvgIpc) is 3.03. The van der Waals surface area contributed by atoms with E-state index >= 15 is 0 Å². The monoisotopic (exact) mass is 411 g/mol. The molecule has 2 heterocycles. The van der Waals surface area contributed by atoms with Crippen LogP contribution in [0.25, 0.3) is 0 Å². The highest BCUT2D eigenvalue weighted by Gasteiger charge is 2.37. The molecule has 0 amide bonds. The molecule has 5 N–H and O–H groups in total. The Hall–Kier alpha value is -3.51. The SMILES string of the molecule is CCOC(=O)C1=C(C)Nc2sc(C(N)=NC#N)c(N)c2C1c1ccc(OC)cc1. The largest absolute Gasteiger partial charge is 0.497 e. The number of esters is 1. The van der Waals surface area contributed by atoms with Gasteiger partial charge in [0.05, 0.1) is 34.9 Å². The van der Waals surface area contributed by atoms with Crippen molar-refractivity contribution in [3.8, 4) is 11.9 Å². The summed E-state index contributed by atoms with van der Waals surface area (Å²) in [5.74, 6) is -0.147. The number of hydrogen-bond acceptors (Lipinski definition) is 8. The van der Waals surface area contributed by atoms with Gasteiger partial charge in [-0.15, -0.1) is 11.3 Å². The van der Waals surface area contributed by atoms with Crippen molar-refractivity contribution in [1.29, 1.82) is 5.26 Å². The molecule has 0 saturated heterocycles. The summed E-state index contributed by atoms with van der Waals surface area (Å²) in [6.45, 7) is 3.83. The third kappa shape index (κ3) is 3.62. The second-order valence-electron chi connectivity index (χ2n) is 6.28. The molecule has 0 spiro atoms. The number of aliphatic imine (C=N–C) groups is 1. The highest BCUT2D eigenvalue weighted by atomic mass is 32.1. The van der Waals surface area contributed by atoms with E-state index in [2.05, 4.69) is 10.3 Å². The molecule has 1 aliphatic rings. The van der Waals surface area contributed by atoms with Gasteiger partial charge in [0.2, 0.25) is 6.19 Å². The van der Waals surface area contributed by atoms with Crippen molar-refractivity contribution in [2.24, 2.45) is 10.7 Å². The van der Waals surface area contributed by atoms with Crippen molar-refractivity contribution in [3.05, 3.63) is 51.5 Å². The van der Waals surface area contributed by atoms with Gasteiger partial charge in [0, 0.05) is 17.2 Å². The summed E-state index contributed by atoms with van der Waals surface area (Å²) in [6, 6.07) is 7.41. The number of thiophene rings is 1. The van der Waals surface area contributed by atoms with Crippen LogP contribution in [-0.4, -0.2) is 25.5 Å². The van der Waals surface area contributed by atoms with Crippen LogP contribution in [0.4, 0.5) is 10.7 Å². The van der Waals surface area contributed by atoms with Gasteiger partial charge in [0.25, 0.3) is 0 Å². The lowest BCUT2D eigenvalue weighted by Crippen LogP contribution is -2.24. The van der Waals surface area contributed by atoms with Gasteiger partial charge in [-0.2, -0.15) is 10.3 Å². The number of nitrogens with zero attached hydrogens (tertiary/aromatic N) is 2. The Balaban J connectivity index is 2.23. The maximum absolute atomic E-state index is 12.8. The second kappa shape index (κ2) is 8.24. The van der Waals surface area contributed by atoms with E-state index in [-0.39, 0.29) is 12.4 Å². The molecule has 0 saturated carbocycles. The Kier molecular flexibility index (Phi) is 5.75. The van der Waals surface area contributed by atoms with Gasteiger partial charge >= 0.3 is 5.97 Å². The zero-order chi connectivity index (χ0) is 21.1. The van der Waals surface area contributed by atoms with Crippen molar-refractivity contribution in [2.45, 2.75) is 19.8 Å². The number of allylic oxidation sites excluding steroid dienone is 1. The molecule has 0 aliphatic carbocycles. The molecule has 0 bridgehead atoms. The molecule has 1 aromatic heterocycles. The lowest BCUT2D eigenvalue weighted by atomic mass is 9.82. The average molecular weight is 411 g/mol. The van der Waals surface area contributed by atoms with E-state index in [0.29, 0.717) is 33.1 Å². The Morgan fingerprint density at radius 1 is 1.38 bits per heavy atom. The number of benzene rings is 1. The predicted molar refractivity (Wildman–Crippen MR) is 113 cm³/mol. The highest BCUT2D eigenvalue weighted by Crippen LogP contribution is 2.50. The van der Waals surface area contributed by atoms with Crippen LogP contribution in [0.1, 0.15) is 35.8 Å². The first-order chi connectivity index (χ1) is 13.9. The predicted octanol–water partition coefficient (Wildman–Crippen LogP) is 2.92. The number of fused-ring (bicyclic) bond motifs is 1. The summed E-state index contributed by atoms with van der Waals surface area (Å²) in [7, 11) is 1.59. The van der Waals surface area contributed by atoms with Crippen LogP contribution in [0.2, 0.25) is 0 Å². The number of carbonyl (C=O) groups excluding carboxylic acids is 1. The van der Waals surface area contributed by atoms with E-state index in [1.54, 1.807) is 20.2 Å². The molecule has 1 unspecified atom stereocenters. The number of nitrogen functional groups attached to an aromatic ring is 1. The molecule has 0 radical (unpaired) electrons. The molecule has 3 rings (SSSR count). The van der Waals surface area contributed by atoms with Crippen LogP contribution in [0.3, 0.4) is 0 Å². The molecule has 1 aromatic carbocycles. The summed E-state index contributed by atoms with van der Waals surface area (Å²) in [4.78, 5) is 16.9. The Labute approximate surface area is 172 Å². The summed E-state index contributed by atoms with van der Waals surface area (Å²) in [5, 5.41) is 12.8. The fourth-order valence-electron chi connectivity index (χ4n) is 3.34. The van der Waals surface area contributed by atoms with E-state index in [1.165, 1.54) is 11.3 Å². The topological polar surface area (TPSA) is 136 Å². The summed E-state index contributed by atoms with van der Waals surface area (Å²) < 4.78 is 10.6. The van der Waals surface area contributed by atoms with Crippen LogP contribution < -0.4 is 21.5 Å². The standard InChI is InChI=1S/C20H21N5O3S/c1-4-28-20(26)13-10(2)25-19-15(16(22)17(29-19)18(23)24-9-21)14(13)11-5-7-12(27-3)8-6-11/h5-8,14,25H,4,22H2,1-3H3,(H2,23,24). The number of nitriles is 1. The zero-order valence-corrected chi connectivity index (χ0v) is 17.1. The van der Waals surface area contributed by atoms with Gasteiger partial charge < -0.3 is 26.3 Å². The van der Waals surface area contributed by atoms with E-state index in [4.69, 9.17) is 26.2 Å². The zero-order valence-electron chi connectivity index (χ0n) is 16.3. The van der Waals surface area contributed by atoms with Gasteiger partial charge in [-0.3, -0.25) is 0 Å². The number of methoxy groups -OCH3 is 1. The minimum Gasteiger partial charge on any atom is -0.497 e. The van der Waals surface area contributed by atoms with E-state index in [9.17, 15) is 4.79 Å². The van der Waals surface area contributed by atoms with Gasteiger partial charge in [-0.1, -0.05) is 12.1 Å². The van der Waals surface area contributed by atoms with Crippen LogP contribution in [-0.2, 0) is 9.53 Å². The minimum absolute atomic E-state index is 0.0371. The van der Waals surface area contributed by atoms with Crippen LogP contribution in [0.15, 0.2) is 40.5 Å². The van der Waals surface area contributed by atoms with Crippen molar-refractivity contribution in [2.75, 3.05) is 24.8 Å². The number of amidine groups is 1. The number of nitrogens with two attached hydrogens (primary N) is 2. The number of hydrogen-bond donors (Lipinski definition) is 3. The van der Waals surface area contributed by atoms with Gasteiger partial charge in [0.15, 0.2) is 5.84 Å². The fourth-order valence-corrected chi connectivity index (χ4v) is 4.46. The van der Waals surface area contributed by atoms with Gasteiger partial charge in [-0.25, -0.2) is 4.79 Å². The van der Waals surface area contributed by atoms with Crippen molar-refractivity contribution >= 4 is 33.8 Å². The molecule has 9 heteroatoms. The lowest BCUT2D eigenvalue weighted by molar-refractivity contribution is -0.138. The first-order valence-electron chi connectivity index (χ1n) is 8.86. The Bertz CT molecular complexity index is 1050. The van der Waals surface area contributed by atoms with Crippen molar-refractivity contribution in [1.82, 2.24) is 0 Å². The Morgan fingerprint density at radius 2 is 2.07 bits per heavy atom. The number of ether oxygens (including phenoxy) is 2. The van der Waals surface area contributed by atoms with Gasteiger partial charge in [-0.05, 0) is 31.5 Å². The third-order valence-corrected chi connectivity index (χ3v) is 5.77. The quantitative estimate of drug-likeness (QED) is 0.298. The van der Waals surface area contributed by atoms with E-state index in [1.807, 2.05) is 31.2 Å². The molecule has 0 fully saturated rings. The molecular formula is C20H21N5O3S. The van der Waals surface area contributed by atoms with Crippen LogP contribution in [0.5, 0.6) is 5.75 Å². The third-order valence-electron chi connectivity index (χ3n) is 4.61. The second-order valence-corrected chi connectivity index (χ2v) is 7.30. The maximum Gasteiger partial charge on any atom is 0.336 e. The van der Waals surface area contributed by atoms with E-state index in [0.717, 1.165) is 10.6 Å². The van der Waals surface area contributed by atoms with Crippen molar-refractivity contribution < 1.29 is 14.3 Å².